The van der Waals surface area contributed by atoms with Crippen LogP contribution in [0.15, 0.2) is 59.3 Å². The summed E-state index contributed by atoms with van der Waals surface area (Å²) < 4.78 is 21.3. The number of hydrogen-bond acceptors (Lipinski definition) is 8. The van der Waals surface area contributed by atoms with Crippen molar-refractivity contribution in [2.75, 3.05) is 19.5 Å². The Labute approximate surface area is 165 Å². The summed E-state index contributed by atoms with van der Waals surface area (Å²) in [6, 6.07) is 11.7. The number of amides is 1. The summed E-state index contributed by atoms with van der Waals surface area (Å²) in [5.41, 5.74) is 1.71. The van der Waals surface area contributed by atoms with E-state index in [-0.39, 0.29) is 5.82 Å². The lowest BCUT2D eigenvalue weighted by Crippen LogP contribution is -2.17. The number of nitrogens with one attached hydrogen (secondary N) is 1. The lowest BCUT2D eigenvalue weighted by molar-refractivity contribution is 0.215. The van der Waals surface area contributed by atoms with E-state index in [1.54, 1.807) is 48.7 Å². The lowest BCUT2D eigenvalue weighted by Gasteiger charge is -2.10. The third kappa shape index (κ3) is 3.93. The molecule has 146 valence electrons. The zero-order chi connectivity index (χ0) is 20.2. The minimum atomic E-state index is -0.707. The monoisotopic (exact) mass is 392 g/mol. The second-order valence-electron chi connectivity index (χ2n) is 5.81. The molecule has 29 heavy (non-hydrogen) atoms. The van der Waals surface area contributed by atoms with Gasteiger partial charge < -0.3 is 18.6 Å². The first kappa shape index (κ1) is 18.2. The molecular formula is C20H16N4O5. The number of fused-ring (bicyclic) bond motifs is 1. The van der Waals surface area contributed by atoms with Crippen LogP contribution in [0.4, 0.5) is 10.6 Å². The van der Waals surface area contributed by atoms with E-state index < -0.39 is 6.09 Å². The number of pyridine rings is 2. The quantitative estimate of drug-likeness (QED) is 0.544. The third-order valence-electron chi connectivity index (χ3n) is 3.97. The molecule has 0 aliphatic rings. The number of carbonyl (C=O) groups is 1. The van der Waals surface area contributed by atoms with E-state index in [2.05, 4.69) is 20.3 Å². The maximum absolute atomic E-state index is 12.2. The number of benzene rings is 1. The highest BCUT2D eigenvalue weighted by atomic mass is 16.6. The van der Waals surface area contributed by atoms with E-state index in [0.29, 0.717) is 39.9 Å². The SMILES string of the molecule is COc1ccc(OC(=O)Nc2cc(-c3nc4ncccc4o3)ccn2)cc1OC. The molecule has 0 bridgehead atoms. The lowest BCUT2D eigenvalue weighted by atomic mass is 10.2. The second kappa shape index (κ2) is 7.85. The standard InChI is InChI=1S/C20H16N4O5/c1-26-14-6-5-13(11-16(14)27-2)28-20(25)23-17-10-12(7-9-21-17)19-24-18-15(29-19)4-3-8-22-18/h3-11H,1-2H3,(H,21,23,25). The van der Waals surface area contributed by atoms with Crippen molar-refractivity contribution >= 4 is 23.1 Å². The highest BCUT2D eigenvalue weighted by molar-refractivity contribution is 5.86. The van der Waals surface area contributed by atoms with Crippen molar-refractivity contribution in [2.45, 2.75) is 0 Å². The fourth-order valence-corrected chi connectivity index (χ4v) is 2.64. The van der Waals surface area contributed by atoms with E-state index in [1.165, 1.54) is 20.4 Å². The van der Waals surface area contributed by atoms with Crippen molar-refractivity contribution in [1.82, 2.24) is 15.0 Å². The molecule has 4 rings (SSSR count). The summed E-state index contributed by atoms with van der Waals surface area (Å²) in [7, 11) is 3.02. The zero-order valence-electron chi connectivity index (χ0n) is 15.6. The van der Waals surface area contributed by atoms with E-state index in [9.17, 15) is 4.79 Å². The predicted molar refractivity (Wildman–Crippen MR) is 104 cm³/mol. The molecule has 0 fully saturated rings. The summed E-state index contributed by atoms with van der Waals surface area (Å²) in [4.78, 5) is 24.8. The van der Waals surface area contributed by atoms with Gasteiger partial charge in [0.1, 0.15) is 11.6 Å². The molecule has 1 amide bonds. The summed E-state index contributed by atoms with van der Waals surface area (Å²) in [6.07, 6.45) is 2.46. The van der Waals surface area contributed by atoms with Gasteiger partial charge in [-0.25, -0.2) is 14.8 Å². The summed E-state index contributed by atoms with van der Waals surface area (Å²) in [5, 5.41) is 2.57. The van der Waals surface area contributed by atoms with Crippen molar-refractivity contribution in [2.24, 2.45) is 0 Å². The Morgan fingerprint density at radius 1 is 1.00 bits per heavy atom. The third-order valence-corrected chi connectivity index (χ3v) is 3.97. The van der Waals surface area contributed by atoms with Gasteiger partial charge in [-0.15, -0.1) is 0 Å². The fraction of sp³-hybridized carbons (Fsp3) is 0.100. The van der Waals surface area contributed by atoms with Crippen LogP contribution < -0.4 is 19.5 Å². The highest BCUT2D eigenvalue weighted by Gasteiger charge is 2.13. The molecule has 0 atom stereocenters. The van der Waals surface area contributed by atoms with Gasteiger partial charge in [0.2, 0.25) is 5.89 Å². The van der Waals surface area contributed by atoms with Crippen molar-refractivity contribution in [3.8, 4) is 28.7 Å². The van der Waals surface area contributed by atoms with Crippen LogP contribution in [0.1, 0.15) is 0 Å². The van der Waals surface area contributed by atoms with Crippen LogP contribution in [0.2, 0.25) is 0 Å². The van der Waals surface area contributed by atoms with E-state index in [4.69, 9.17) is 18.6 Å². The Kier molecular flexibility index (Phi) is 4.93. The Hall–Kier alpha value is -4.14. The highest BCUT2D eigenvalue weighted by Crippen LogP contribution is 2.31. The van der Waals surface area contributed by atoms with E-state index >= 15 is 0 Å². The zero-order valence-corrected chi connectivity index (χ0v) is 15.6. The Bertz CT molecular complexity index is 1140. The van der Waals surface area contributed by atoms with Gasteiger partial charge in [0.25, 0.3) is 0 Å². The Balaban J connectivity index is 1.49. The van der Waals surface area contributed by atoms with Crippen molar-refractivity contribution in [3.63, 3.8) is 0 Å². The van der Waals surface area contributed by atoms with Gasteiger partial charge in [-0.1, -0.05) is 0 Å². The number of hydrogen-bond donors (Lipinski definition) is 1. The number of rotatable bonds is 5. The van der Waals surface area contributed by atoms with E-state index in [0.717, 1.165) is 0 Å². The molecule has 0 aliphatic heterocycles. The molecule has 4 aromatic rings. The molecule has 9 nitrogen and oxygen atoms in total. The summed E-state index contributed by atoms with van der Waals surface area (Å²) in [6.45, 7) is 0. The molecule has 0 saturated heterocycles. The smallest absolute Gasteiger partial charge is 0.418 e. The van der Waals surface area contributed by atoms with Gasteiger partial charge in [0.15, 0.2) is 22.7 Å². The first-order valence-electron chi connectivity index (χ1n) is 8.55. The molecule has 0 saturated carbocycles. The first-order valence-corrected chi connectivity index (χ1v) is 8.55. The molecule has 0 aliphatic carbocycles. The molecular weight excluding hydrogens is 376 g/mol. The maximum Gasteiger partial charge on any atom is 0.418 e. The molecule has 1 N–H and O–H groups in total. The largest absolute Gasteiger partial charge is 0.493 e. The number of nitrogens with zero attached hydrogens (tertiary/aromatic N) is 3. The van der Waals surface area contributed by atoms with Crippen LogP contribution in [0.3, 0.4) is 0 Å². The number of oxazole rings is 1. The van der Waals surface area contributed by atoms with Crippen molar-refractivity contribution < 1.29 is 23.4 Å². The minimum absolute atomic E-state index is 0.281. The van der Waals surface area contributed by atoms with Crippen LogP contribution in [-0.4, -0.2) is 35.3 Å². The Morgan fingerprint density at radius 3 is 2.66 bits per heavy atom. The van der Waals surface area contributed by atoms with Gasteiger partial charge in [-0.2, -0.15) is 4.98 Å². The van der Waals surface area contributed by atoms with Gasteiger partial charge >= 0.3 is 6.09 Å². The van der Waals surface area contributed by atoms with Crippen molar-refractivity contribution in [1.29, 1.82) is 0 Å². The molecule has 3 heterocycles. The number of anilines is 1. The Morgan fingerprint density at radius 2 is 1.86 bits per heavy atom. The second-order valence-corrected chi connectivity index (χ2v) is 5.81. The molecule has 9 heteroatoms. The maximum atomic E-state index is 12.2. The van der Waals surface area contributed by atoms with Gasteiger partial charge in [-0.3, -0.25) is 5.32 Å². The molecule has 0 spiro atoms. The van der Waals surface area contributed by atoms with Gasteiger partial charge in [0, 0.05) is 24.0 Å². The summed E-state index contributed by atoms with van der Waals surface area (Å²) in [5.74, 6) is 1.92. The predicted octanol–water partition coefficient (Wildman–Crippen LogP) is 3.91. The first-order chi connectivity index (χ1) is 14.2. The summed E-state index contributed by atoms with van der Waals surface area (Å²) >= 11 is 0. The topological polar surface area (TPSA) is 109 Å². The number of ether oxygens (including phenoxy) is 3. The van der Waals surface area contributed by atoms with Crippen LogP contribution in [-0.2, 0) is 0 Å². The average molecular weight is 392 g/mol. The molecule has 0 radical (unpaired) electrons. The van der Waals surface area contributed by atoms with Crippen LogP contribution in [0.5, 0.6) is 17.2 Å². The molecule has 1 aromatic carbocycles. The number of aromatic nitrogens is 3. The van der Waals surface area contributed by atoms with Gasteiger partial charge in [0.05, 0.1) is 14.2 Å². The number of carbonyl (C=O) groups excluding carboxylic acids is 1. The van der Waals surface area contributed by atoms with Crippen molar-refractivity contribution in [3.05, 3.63) is 54.9 Å². The molecule has 3 aromatic heterocycles. The average Bonchev–Trinajstić information content (AvgIpc) is 3.18. The van der Waals surface area contributed by atoms with Gasteiger partial charge in [-0.05, 0) is 36.4 Å². The molecule has 0 unspecified atom stereocenters. The number of methoxy groups -OCH3 is 2. The van der Waals surface area contributed by atoms with Crippen LogP contribution in [0, 0.1) is 0 Å². The van der Waals surface area contributed by atoms with Crippen LogP contribution >= 0.6 is 0 Å². The van der Waals surface area contributed by atoms with Crippen LogP contribution in [0.25, 0.3) is 22.7 Å². The van der Waals surface area contributed by atoms with E-state index in [1.807, 2.05) is 0 Å². The minimum Gasteiger partial charge on any atom is -0.493 e. The normalized spacial score (nSPS) is 10.6. The fourth-order valence-electron chi connectivity index (χ4n) is 2.64.